The Hall–Kier alpha value is -4.26. The molecule has 4 aromatic heterocycles. The number of anilines is 1. The van der Waals surface area contributed by atoms with Crippen LogP contribution >= 0.6 is 11.6 Å². The smallest absolute Gasteiger partial charge is 0.320 e. The van der Waals surface area contributed by atoms with Crippen molar-refractivity contribution in [2.24, 2.45) is 0 Å². The SMILES string of the molecule is Bc1ccc2c(-n3ncc(C(=O)Nc4cnc(-n5nccn5)c(Cl)c4)c3C(F)(F)F)cccc2n1. The number of hydrogen-bond acceptors (Lipinski definition) is 6. The molecule has 1 N–H and O–H groups in total. The first kappa shape index (κ1) is 22.5. The summed E-state index contributed by atoms with van der Waals surface area (Å²) < 4.78 is 43.2. The van der Waals surface area contributed by atoms with E-state index in [2.05, 4.69) is 30.6 Å². The lowest BCUT2D eigenvalue weighted by atomic mass is 10.0. The number of nitrogens with zero attached hydrogens (tertiary/aromatic N) is 7. The van der Waals surface area contributed by atoms with E-state index in [1.165, 1.54) is 35.5 Å². The third-order valence-corrected chi connectivity index (χ3v) is 5.32. The summed E-state index contributed by atoms with van der Waals surface area (Å²) in [7, 11) is 1.78. The molecular weight excluding hydrogens is 484 g/mol. The molecule has 1 aromatic carbocycles. The maximum Gasteiger partial charge on any atom is 0.434 e. The zero-order valence-corrected chi connectivity index (χ0v) is 18.6. The van der Waals surface area contributed by atoms with E-state index in [4.69, 9.17) is 11.6 Å². The number of nitrogens with one attached hydrogen (secondary N) is 1. The molecule has 0 unspecified atom stereocenters. The van der Waals surface area contributed by atoms with E-state index in [-0.39, 0.29) is 22.2 Å². The number of fused-ring (bicyclic) bond motifs is 1. The molecule has 0 aliphatic rings. The minimum atomic E-state index is -4.88. The molecule has 14 heteroatoms. The van der Waals surface area contributed by atoms with Gasteiger partial charge in [-0.1, -0.05) is 23.7 Å². The van der Waals surface area contributed by atoms with Crippen molar-refractivity contribution >= 4 is 47.5 Å². The maximum atomic E-state index is 14.2. The summed E-state index contributed by atoms with van der Waals surface area (Å²) in [4.78, 5) is 22.5. The van der Waals surface area contributed by atoms with Crippen LogP contribution in [0, 0.1) is 0 Å². The topological polar surface area (TPSA) is 103 Å². The Balaban J connectivity index is 1.53. The maximum absolute atomic E-state index is 14.2. The minimum Gasteiger partial charge on any atom is -0.320 e. The zero-order chi connectivity index (χ0) is 24.7. The standard InChI is InChI=1S/C21H13BClF3N8O/c22-17-5-4-12-15(32-17)2-1-3-16(12)33-18(21(24,25)26)13(10-30-33)20(35)31-11-8-14(23)19(27-9-11)34-28-6-7-29-34/h1-10H,22H2,(H,31,35). The number of hydrogen-bond donors (Lipinski definition) is 1. The Morgan fingerprint density at radius 2 is 1.83 bits per heavy atom. The van der Waals surface area contributed by atoms with Crippen molar-refractivity contribution in [2.45, 2.75) is 6.18 Å². The van der Waals surface area contributed by atoms with Crippen LogP contribution in [0.15, 0.2) is 61.2 Å². The highest BCUT2D eigenvalue weighted by Gasteiger charge is 2.41. The van der Waals surface area contributed by atoms with Crippen LogP contribution in [-0.2, 0) is 6.18 Å². The number of benzene rings is 1. The first-order chi connectivity index (χ1) is 16.7. The Morgan fingerprint density at radius 3 is 2.54 bits per heavy atom. The summed E-state index contributed by atoms with van der Waals surface area (Å²) in [5.74, 6) is -0.834. The largest absolute Gasteiger partial charge is 0.434 e. The molecule has 0 aliphatic carbocycles. The Morgan fingerprint density at radius 1 is 1.06 bits per heavy atom. The van der Waals surface area contributed by atoms with Crippen molar-refractivity contribution in [1.29, 1.82) is 0 Å². The van der Waals surface area contributed by atoms with Crippen molar-refractivity contribution in [3.63, 3.8) is 0 Å². The number of rotatable bonds is 4. The van der Waals surface area contributed by atoms with Crippen LogP contribution in [0.3, 0.4) is 0 Å². The third kappa shape index (κ3) is 4.21. The highest BCUT2D eigenvalue weighted by molar-refractivity contribution is 6.32. The van der Waals surface area contributed by atoms with Crippen molar-refractivity contribution < 1.29 is 18.0 Å². The molecule has 4 heterocycles. The van der Waals surface area contributed by atoms with Gasteiger partial charge in [0.05, 0.1) is 52.3 Å². The molecule has 0 bridgehead atoms. The van der Waals surface area contributed by atoms with E-state index >= 15 is 0 Å². The fourth-order valence-electron chi connectivity index (χ4n) is 3.57. The molecular formula is C21H13BClF3N8O. The van der Waals surface area contributed by atoms with Crippen LogP contribution in [0.1, 0.15) is 16.1 Å². The Bertz CT molecular complexity index is 1570. The molecule has 0 radical (unpaired) electrons. The fourth-order valence-corrected chi connectivity index (χ4v) is 3.81. The number of pyridine rings is 2. The van der Waals surface area contributed by atoms with Crippen LogP contribution in [-0.4, -0.2) is 48.5 Å². The van der Waals surface area contributed by atoms with E-state index in [0.29, 0.717) is 21.2 Å². The molecule has 9 nitrogen and oxygen atoms in total. The Kier molecular flexibility index (Phi) is 5.48. The molecule has 0 atom stereocenters. The molecule has 0 fully saturated rings. The molecule has 0 aliphatic heterocycles. The minimum absolute atomic E-state index is 0.0848. The first-order valence-corrected chi connectivity index (χ1v) is 10.5. The second-order valence-electron chi connectivity index (χ2n) is 7.41. The molecule has 35 heavy (non-hydrogen) atoms. The van der Waals surface area contributed by atoms with Gasteiger partial charge in [-0.25, -0.2) is 9.67 Å². The van der Waals surface area contributed by atoms with E-state index in [9.17, 15) is 18.0 Å². The molecule has 0 spiro atoms. The molecule has 5 aromatic rings. The second kappa shape index (κ2) is 8.51. The third-order valence-electron chi connectivity index (χ3n) is 5.05. The number of amides is 1. The van der Waals surface area contributed by atoms with Crippen LogP contribution < -0.4 is 10.9 Å². The summed E-state index contributed by atoms with van der Waals surface area (Å²) in [5, 5.41) is 14.7. The Labute approximate surface area is 201 Å². The quantitative estimate of drug-likeness (QED) is 0.384. The molecule has 1 amide bonds. The van der Waals surface area contributed by atoms with Gasteiger partial charge in [-0.2, -0.15) is 28.5 Å². The van der Waals surface area contributed by atoms with Gasteiger partial charge in [0.1, 0.15) is 0 Å². The van der Waals surface area contributed by atoms with E-state index in [0.717, 1.165) is 6.20 Å². The van der Waals surface area contributed by atoms with Gasteiger partial charge in [-0.05, 0) is 29.9 Å². The van der Waals surface area contributed by atoms with Gasteiger partial charge in [-0.15, -0.1) is 4.80 Å². The van der Waals surface area contributed by atoms with Crippen LogP contribution in [0.25, 0.3) is 22.4 Å². The van der Waals surface area contributed by atoms with Gasteiger partial charge in [-0.3, -0.25) is 9.78 Å². The molecule has 0 saturated heterocycles. The van der Waals surface area contributed by atoms with E-state index in [1.807, 2.05) is 0 Å². The monoisotopic (exact) mass is 496 g/mol. The highest BCUT2D eigenvalue weighted by atomic mass is 35.5. The lowest BCUT2D eigenvalue weighted by molar-refractivity contribution is -0.143. The van der Waals surface area contributed by atoms with Crippen LogP contribution in [0.5, 0.6) is 0 Å². The van der Waals surface area contributed by atoms with Gasteiger partial charge in [0.15, 0.2) is 19.4 Å². The lowest BCUT2D eigenvalue weighted by Gasteiger charge is -2.14. The van der Waals surface area contributed by atoms with Crippen LogP contribution in [0.2, 0.25) is 5.02 Å². The van der Waals surface area contributed by atoms with Crippen molar-refractivity contribution in [3.8, 4) is 11.5 Å². The van der Waals surface area contributed by atoms with Crippen LogP contribution in [0.4, 0.5) is 18.9 Å². The number of carbonyl (C=O) groups excluding carboxylic acids is 1. The first-order valence-electron chi connectivity index (χ1n) is 10.1. The average molecular weight is 497 g/mol. The van der Waals surface area contributed by atoms with Crippen molar-refractivity contribution in [2.75, 3.05) is 5.32 Å². The molecule has 174 valence electrons. The summed E-state index contributed by atoms with van der Waals surface area (Å²) in [6, 6.07) is 9.44. The summed E-state index contributed by atoms with van der Waals surface area (Å²) >= 11 is 6.19. The van der Waals surface area contributed by atoms with Gasteiger partial charge in [0, 0.05) is 5.39 Å². The van der Waals surface area contributed by atoms with Gasteiger partial charge in [0.25, 0.3) is 5.91 Å². The average Bonchev–Trinajstić information content (AvgIpc) is 3.49. The summed E-state index contributed by atoms with van der Waals surface area (Å²) in [5.41, 5.74) is -0.441. The second-order valence-corrected chi connectivity index (χ2v) is 7.82. The van der Waals surface area contributed by atoms with Crippen molar-refractivity contribution in [1.82, 2.24) is 34.7 Å². The van der Waals surface area contributed by atoms with E-state index in [1.54, 1.807) is 32.1 Å². The molecule has 5 rings (SSSR count). The normalized spacial score (nSPS) is 11.7. The number of halogens is 4. The van der Waals surface area contributed by atoms with Gasteiger partial charge in [0.2, 0.25) is 0 Å². The fraction of sp³-hybridized carbons (Fsp3) is 0.0476. The zero-order valence-electron chi connectivity index (χ0n) is 17.8. The summed E-state index contributed by atoms with van der Waals surface area (Å²) in [6.07, 6.45) is 0.0812. The predicted octanol–water partition coefficient (Wildman–Crippen LogP) is 2.58. The number of alkyl halides is 3. The molecule has 0 saturated carbocycles. The highest BCUT2D eigenvalue weighted by Crippen LogP contribution is 2.35. The summed E-state index contributed by atoms with van der Waals surface area (Å²) in [6.45, 7) is 0. The van der Waals surface area contributed by atoms with Gasteiger partial charge < -0.3 is 5.32 Å². The van der Waals surface area contributed by atoms with Crippen molar-refractivity contribution in [3.05, 3.63) is 77.5 Å². The van der Waals surface area contributed by atoms with E-state index < -0.39 is 23.3 Å². The number of aromatic nitrogens is 7. The number of carbonyl (C=O) groups is 1. The predicted molar refractivity (Wildman–Crippen MR) is 124 cm³/mol. The van der Waals surface area contributed by atoms with Gasteiger partial charge >= 0.3 is 6.18 Å². The lowest BCUT2D eigenvalue weighted by Crippen LogP contribution is -2.21.